The number of methoxy groups -OCH3 is 1. The highest BCUT2D eigenvalue weighted by Gasteiger charge is 2.12. The number of thiazole rings is 1. The first kappa shape index (κ1) is 23.2. The van der Waals surface area contributed by atoms with Crippen molar-refractivity contribution in [2.75, 3.05) is 27.5 Å². The maximum Gasteiger partial charge on any atom is 0.194 e. The molecule has 8 heteroatoms. The lowest BCUT2D eigenvalue weighted by molar-refractivity contribution is 0.119. The second-order valence-corrected chi connectivity index (χ2v) is 7.43. The van der Waals surface area contributed by atoms with Crippen molar-refractivity contribution in [2.45, 2.75) is 31.0 Å². The van der Waals surface area contributed by atoms with E-state index in [1.165, 1.54) is 10.5 Å². The van der Waals surface area contributed by atoms with Gasteiger partial charge in [0, 0.05) is 38.0 Å². The number of aromatic nitrogens is 1. The van der Waals surface area contributed by atoms with Crippen molar-refractivity contribution in [1.29, 1.82) is 0 Å². The minimum Gasteiger partial charge on any atom is -0.375 e. The second kappa shape index (κ2) is 11.8. The number of guanidine groups is 1. The van der Waals surface area contributed by atoms with Gasteiger partial charge in [-0.2, -0.15) is 0 Å². The van der Waals surface area contributed by atoms with Crippen molar-refractivity contribution < 1.29 is 4.74 Å². The van der Waals surface area contributed by atoms with E-state index in [-0.39, 0.29) is 30.1 Å². The average Bonchev–Trinajstić information content (AvgIpc) is 3.10. The molecule has 0 saturated carbocycles. The highest BCUT2D eigenvalue weighted by Crippen LogP contribution is 2.21. The number of aliphatic imine (C=N–C) groups is 1. The Bertz CT molecular complexity index is 691. The summed E-state index contributed by atoms with van der Waals surface area (Å²) in [4.78, 5) is 12.4. The molecular formula is C18H27IN4OS2. The van der Waals surface area contributed by atoms with Gasteiger partial charge in [0.25, 0.3) is 0 Å². The Labute approximate surface area is 181 Å². The number of nitrogens with one attached hydrogen (secondary N) is 1. The molecule has 1 aromatic carbocycles. The fraction of sp³-hybridized carbons (Fsp3) is 0.444. The lowest BCUT2D eigenvalue weighted by Gasteiger charge is -2.21. The van der Waals surface area contributed by atoms with Gasteiger partial charge in [-0.3, -0.25) is 4.99 Å². The average molecular weight is 506 g/mol. The topological polar surface area (TPSA) is 49.8 Å². The van der Waals surface area contributed by atoms with E-state index in [4.69, 9.17) is 4.74 Å². The summed E-state index contributed by atoms with van der Waals surface area (Å²) >= 11 is 3.38. The lowest BCUT2D eigenvalue weighted by Crippen LogP contribution is -2.38. The Hall–Kier alpha value is -0.840. The molecule has 2 rings (SSSR count). The van der Waals surface area contributed by atoms with Crippen LogP contribution in [0.3, 0.4) is 0 Å². The molecule has 1 heterocycles. The molecule has 26 heavy (non-hydrogen) atoms. The fourth-order valence-electron chi connectivity index (χ4n) is 2.31. The first-order valence-corrected chi connectivity index (χ1v) is 10.2. The van der Waals surface area contributed by atoms with Gasteiger partial charge in [0.2, 0.25) is 0 Å². The number of ether oxygens (including phenoxy) is 1. The molecule has 5 nitrogen and oxygen atoms in total. The monoisotopic (exact) mass is 506 g/mol. The van der Waals surface area contributed by atoms with Crippen molar-refractivity contribution in [1.82, 2.24) is 15.2 Å². The van der Waals surface area contributed by atoms with Gasteiger partial charge in [-0.05, 0) is 30.9 Å². The summed E-state index contributed by atoms with van der Waals surface area (Å²) in [6.45, 7) is 3.46. The van der Waals surface area contributed by atoms with Gasteiger partial charge in [0.05, 0.1) is 12.2 Å². The van der Waals surface area contributed by atoms with E-state index < -0.39 is 0 Å². The molecule has 0 fully saturated rings. The van der Waals surface area contributed by atoms with Crippen molar-refractivity contribution in [3.63, 3.8) is 0 Å². The summed E-state index contributed by atoms with van der Waals surface area (Å²) in [7, 11) is 5.52. The molecule has 0 aliphatic carbocycles. The SMILES string of the molecule is CN=C(NCc1ccc(SC)cc1)N(C)Cc1csc(C(C)OC)n1.I. The zero-order valence-corrected chi connectivity index (χ0v) is 19.8. The molecule has 0 saturated heterocycles. The summed E-state index contributed by atoms with van der Waals surface area (Å²) in [6, 6.07) is 8.57. The summed E-state index contributed by atoms with van der Waals surface area (Å²) in [6.07, 6.45) is 2.12. The highest BCUT2D eigenvalue weighted by atomic mass is 127. The molecule has 0 aliphatic rings. The van der Waals surface area contributed by atoms with E-state index in [1.54, 1.807) is 37.3 Å². The van der Waals surface area contributed by atoms with Crippen LogP contribution in [0.2, 0.25) is 0 Å². The summed E-state index contributed by atoms with van der Waals surface area (Å²) in [5.41, 5.74) is 2.26. The molecule has 144 valence electrons. The van der Waals surface area contributed by atoms with Crippen LogP contribution < -0.4 is 5.32 Å². The van der Waals surface area contributed by atoms with E-state index in [9.17, 15) is 0 Å². The van der Waals surface area contributed by atoms with Crippen LogP contribution in [0.15, 0.2) is 39.5 Å². The molecule has 0 amide bonds. The van der Waals surface area contributed by atoms with Crippen LogP contribution in [-0.4, -0.2) is 43.3 Å². The van der Waals surface area contributed by atoms with Crippen LogP contribution in [0.1, 0.15) is 29.3 Å². The highest BCUT2D eigenvalue weighted by molar-refractivity contribution is 14.0. The Morgan fingerprint density at radius 1 is 1.38 bits per heavy atom. The van der Waals surface area contributed by atoms with E-state index in [0.29, 0.717) is 6.54 Å². The molecular weight excluding hydrogens is 479 g/mol. The van der Waals surface area contributed by atoms with Crippen molar-refractivity contribution in [2.24, 2.45) is 4.99 Å². The van der Waals surface area contributed by atoms with E-state index in [0.717, 1.165) is 23.2 Å². The lowest BCUT2D eigenvalue weighted by atomic mass is 10.2. The van der Waals surface area contributed by atoms with Crippen LogP contribution in [0.5, 0.6) is 0 Å². The minimum atomic E-state index is 0. The van der Waals surface area contributed by atoms with Gasteiger partial charge in [-0.25, -0.2) is 4.98 Å². The molecule has 1 aromatic heterocycles. The largest absolute Gasteiger partial charge is 0.375 e. The fourth-order valence-corrected chi connectivity index (χ4v) is 3.56. The molecule has 0 bridgehead atoms. The Kier molecular flexibility index (Phi) is 10.5. The van der Waals surface area contributed by atoms with Crippen molar-refractivity contribution in [3.05, 3.63) is 45.9 Å². The smallest absolute Gasteiger partial charge is 0.194 e. The van der Waals surface area contributed by atoms with Crippen LogP contribution in [0, 0.1) is 0 Å². The standard InChI is InChI=1S/C18H26N4OS2.HI/c1-13(23-4)17-21-15(12-25-17)11-22(3)18(19-2)20-10-14-6-8-16(24-5)9-7-14;/h6-9,12-13H,10-11H2,1-5H3,(H,19,20);1H. The number of thioether (sulfide) groups is 1. The number of nitrogens with zero attached hydrogens (tertiary/aromatic N) is 3. The number of halogens is 1. The minimum absolute atomic E-state index is 0. The Morgan fingerprint density at radius 3 is 2.65 bits per heavy atom. The van der Waals surface area contributed by atoms with Crippen LogP contribution in [0.4, 0.5) is 0 Å². The number of rotatable bonds is 7. The number of benzene rings is 1. The number of hydrogen-bond acceptors (Lipinski definition) is 5. The second-order valence-electron chi connectivity index (χ2n) is 5.66. The van der Waals surface area contributed by atoms with Gasteiger partial charge < -0.3 is 15.0 Å². The van der Waals surface area contributed by atoms with Crippen molar-refractivity contribution in [3.8, 4) is 0 Å². The summed E-state index contributed by atoms with van der Waals surface area (Å²) in [5, 5.41) is 6.49. The summed E-state index contributed by atoms with van der Waals surface area (Å²) < 4.78 is 5.32. The Morgan fingerprint density at radius 2 is 2.08 bits per heavy atom. The first-order chi connectivity index (χ1) is 12.1. The van der Waals surface area contributed by atoms with Gasteiger partial charge in [-0.1, -0.05) is 12.1 Å². The maximum atomic E-state index is 5.32. The molecule has 0 aliphatic heterocycles. The third kappa shape index (κ3) is 6.71. The van der Waals surface area contributed by atoms with Crippen molar-refractivity contribution >= 4 is 53.0 Å². The maximum absolute atomic E-state index is 5.32. The quantitative estimate of drug-likeness (QED) is 0.261. The van der Waals surface area contributed by atoms with Gasteiger partial charge in [-0.15, -0.1) is 47.1 Å². The number of hydrogen-bond donors (Lipinski definition) is 1. The molecule has 1 unspecified atom stereocenters. The van der Waals surface area contributed by atoms with Crippen LogP contribution in [-0.2, 0) is 17.8 Å². The Balaban J connectivity index is 0.00000338. The third-order valence-corrected chi connectivity index (χ3v) is 5.65. The molecule has 0 radical (unpaired) electrons. The first-order valence-electron chi connectivity index (χ1n) is 8.09. The van der Waals surface area contributed by atoms with E-state index >= 15 is 0 Å². The van der Waals surface area contributed by atoms with Gasteiger partial charge in [0.15, 0.2) is 5.96 Å². The molecule has 1 N–H and O–H groups in total. The molecule has 2 aromatic rings. The predicted molar refractivity (Wildman–Crippen MR) is 123 cm³/mol. The predicted octanol–water partition coefficient (Wildman–Crippen LogP) is 4.40. The van der Waals surface area contributed by atoms with Gasteiger partial charge >= 0.3 is 0 Å². The third-order valence-electron chi connectivity index (χ3n) is 3.85. The zero-order chi connectivity index (χ0) is 18.2. The summed E-state index contributed by atoms with van der Waals surface area (Å²) in [5.74, 6) is 0.850. The van der Waals surface area contributed by atoms with E-state index in [1.807, 2.05) is 14.0 Å². The molecule has 0 spiro atoms. The normalized spacial score (nSPS) is 12.4. The molecule has 1 atom stereocenters. The van der Waals surface area contributed by atoms with E-state index in [2.05, 4.69) is 56.1 Å². The van der Waals surface area contributed by atoms with Gasteiger partial charge in [0.1, 0.15) is 11.1 Å². The van der Waals surface area contributed by atoms with Crippen LogP contribution in [0.25, 0.3) is 0 Å². The zero-order valence-electron chi connectivity index (χ0n) is 15.9. The van der Waals surface area contributed by atoms with Crippen LogP contribution >= 0.6 is 47.1 Å².